The molecule has 2 aromatic carbocycles. The van der Waals surface area contributed by atoms with Crippen molar-refractivity contribution >= 4 is 40.0 Å². The van der Waals surface area contributed by atoms with Gasteiger partial charge in [-0.25, -0.2) is 4.98 Å². The van der Waals surface area contributed by atoms with E-state index in [0.717, 1.165) is 16.2 Å². The lowest BCUT2D eigenvalue weighted by atomic mass is 10.2. The van der Waals surface area contributed by atoms with E-state index >= 15 is 0 Å². The van der Waals surface area contributed by atoms with Gasteiger partial charge in [-0.1, -0.05) is 48.5 Å². The van der Waals surface area contributed by atoms with E-state index in [-0.39, 0.29) is 12.2 Å². The molecule has 180 valence electrons. The topological polar surface area (TPSA) is 73.6 Å². The van der Waals surface area contributed by atoms with Crippen molar-refractivity contribution in [2.45, 2.75) is 24.8 Å². The highest BCUT2D eigenvalue weighted by Crippen LogP contribution is 2.33. The number of rotatable bonds is 11. The summed E-state index contributed by atoms with van der Waals surface area (Å²) < 4.78 is 12.7. The first kappa shape index (κ1) is 26.2. The van der Waals surface area contributed by atoms with Gasteiger partial charge in [0.15, 0.2) is 11.5 Å². The summed E-state index contributed by atoms with van der Waals surface area (Å²) >= 11 is 9.00. The zero-order valence-corrected chi connectivity index (χ0v) is 21.6. The molecule has 3 rings (SSSR count). The zero-order chi connectivity index (χ0) is 24.5. The molecule has 0 amide bonds. The lowest BCUT2D eigenvalue weighted by molar-refractivity contribution is 0.124. The van der Waals surface area contributed by atoms with Crippen molar-refractivity contribution in [1.82, 2.24) is 9.55 Å². The number of halogens is 1. The van der Waals surface area contributed by atoms with Gasteiger partial charge in [0.2, 0.25) is 0 Å². The average Bonchev–Trinajstić information content (AvgIpc) is 2.86. The Morgan fingerprint density at radius 3 is 2.68 bits per heavy atom. The van der Waals surface area contributed by atoms with E-state index in [4.69, 9.17) is 21.1 Å². The number of allylic oxidation sites excluding steroid dienone is 1. The monoisotopic (exact) mass is 518 g/mol. The van der Waals surface area contributed by atoms with Crippen LogP contribution in [0.25, 0.3) is 10.6 Å². The molecule has 1 unspecified atom stereocenters. The van der Waals surface area contributed by atoms with Gasteiger partial charge in [-0.05, 0) is 42.5 Å². The van der Waals surface area contributed by atoms with Crippen LogP contribution < -0.4 is 15.0 Å². The number of aromatic nitrogens is 2. The summed E-state index contributed by atoms with van der Waals surface area (Å²) in [6, 6.07) is 12.7. The van der Waals surface area contributed by atoms with E-state index in [0.29, 0.717) is 32.9 Å². The first-order chi connectivity index (χ1) is 16.5. The molecule has 0 fully saturated rings. The second-order valence-electron chi connectivity index (χ2n) is 7.15. The van der Waals surface area contributed by atoms with Gasteiger partial charge >= 0.3 is 0 Å². The van der Waals surface area contributed by atoms with Crippen molar-refractivity contribution in [2.24, 2.45) is 0 Å². The summed E-state index contributed by atoms with van der Waals surface area (Å²) in [7, 11) is 1.53. The van der Waals surface area contributed by atoms with Gasteiger partial charge in [0.05, 0.1) is 23.8 Å². The van der Waals surface area contributed by atoms with Crippen LogP contribution in [0, 0.1) is 0 Å². The number of hydrogen-bond donors (Lipinski definition) is 1. The molecule has 0 bridgehead atoms. The maximum atomic E-state index is 13.3. The molecule has 9 heteroatoms. The van der Waals surface area contributed by atoms with Crippen molar-refractivity contribution < 1.29 is 14.6 Å². The van der Waals surface area contributed by atoms with E-state index in [1.165, 1.54) is 29.8 Å². The third kappa shape index (κ3) is 6.82. The molecule has 6 nitrogen and oxygen atoms in total. The molecule has 0 spiro atoms. The Kier molecular flexibility index (Phi) is 9.95. The number of ether oxygens (including phenoxy) is 2. The maximum Gasteiger partial charge on any atom is 0.271 e. The largest absolute Gasteiger partial charge is 0.493 e. The fourth-order valence-electron chi connectivity index (χ4n) is 3.08. The van der Waals surface area contributed by atoms with Crippen LogP contribution in [-0.2, 0) is 0 Å². The van der Waals surface area contributed by atoms with Crippen LogP contribution >= 0.6 is 35.1 Å². The molecule has 3 aromatic rings. The summed E-state index contributed by atoms with van der Waals surface area (Å²) in [5.74, 6) is 2.50. The first-order valence-electron chi connectivity index (χ1n) is 10.7. The standard InChI is InChI=1S/C25H27ClN2O4S2/c1-4-23(17-6-8-18(26)9-7-17)34-24-13-27-16-28(25(24)30)19-10-11-21(22(12-19)31-3)32-14-20(29)15-33-5-2/h4,6-13,16,20,29H,5,14-15H2,1-3H3/b23-4-. The van der Waals surface area contributed by atoms with Gasteiger partial charge in [-0.15, -0.1) is 0 Å². The first-order valence-corrected chi connectivity index (χ1v) is 13.1. The summed E-state index contributed by atoms with van der Waals surface area (Å²) in [6.07, 6.45) is 4.42. The lowest BCUT2D eigenvalue weighted by Crippen LogP contribution is -2.21. The van der Waals surface area contributed by atoms with Crippen LogP contribution in [0.15, 0.2) is 70.8 Å². The maximum absolute atomic E-state index is 13.3. The zero-order valence-electron chi connectivity index (χ0n) is 19.2. The molecule has 0 radical (unpaired) electrons. The highest BCUT2D eigenvalue weighted by molar-refractivity contribution is 8.08. The number of hydrogen-bond acceptors (Lipinski definition) is 7. The molecule has 0 aliphatic carbocycles. The number of aliphatic hydroxyl groups is 1. The van der Waals surface area contributed by atoms with Crippen LogP contribution in [0.5, 0.6) is 11.5 Å². The Morgan fingerprint density at radius 1 is 1.24 bits per heavy atom. The van der Waals surface area contributed by atoms with Crippen molar-refractivity contribution in [3.8, 4) is 17.2 Å². The van der Waals surface area contributed by atoms with Gasteiger partial charge < -0.3 is 14.6 Å². The number of aliphatic hydroxyl groups excluding tert-OH is 1. The summed E-state index contributed by atoms with van der Waals surface area (Å²) in [5, 5.41) is 10.7. The highest BCUT2D eigenvalue weighted by atomic mass is 35.5. The fourth-order valence-corrected chi connectivity index (χ4v) is 4.72. The minimum atomic E-state index is -0.573. The van der Waals surface area contributed by atoms with Crippen molar-refractivity contribution in [3.05, 3.63) is 82.0 Å². The second-order valence-corrected chi connectivity index (χ2v) is 9.99. The quantitative estimate of drug-likeness (QED) is 0.334. The Bertz CT molecular complexity index is 1180. The molecule has 0 saturated carbocycles. The number of methoxy groups -OCH3 is 1. The molecule has 1 aromatic heterocycles. The SMILES string of the molecule is C/C=C(\Sc1cncn(-c2ccc(OCC(O)CSCC)c(OC)c2)c1=O)c1ccc(Cl)cc1. The average molecular weight is 519 g/mol. The van der Waals surface area contributed by atoms with Gasteiger partial charge in [0, 0.05) is 27.9 Å². The van der Waals surface area contributed by atoms with Crippen LogP contribution in [0.3, 0.4) is 0 Å². The molecule has 1 heterocycles. The Morgan fingerprint density at radius 2 is 2.00 bits per heavy atom. The summed E-state index contributed by atoms with van der Waals surface area (Å²) in [5.41, 5.74) is 1.37. The molecule has 34 heavy (non-hydrogen) atoms. The number of thioether (sulfide) groups is 2. The number of nitrogens with zero attached hydrogens (tertiary/aromatic N) is 2. The van der Waals surface area contributed by atoms with Crippen LogP contribution in [0.4, 0.5) is 0 Å². The summed E-state index contributed by atoms with van der Waals surface area (Å²) in [6.45, 7) is 4.13. The lowest BCUT2D eigenvalue weighted by Gasteiger charge is -2.15. The van der Waals surface area contributed by atoms with Crippen LogP contribution in [0.2, 0.25) is 5.02 Å². The Hall–Kier alpha value is -2.39. The van der Waals surface area contributed by atoms with Crippen LogP contribution in [-0.4, -0.2) is 46.0 Å². The minimum Gasteiger partial charge on any atom is -0.493 e. The van der Waals surface area contributed by atoms with Gasteiger partial charge in [-0.2, -0.15) is 11.8 Å². The fraction of sp³-hybridized carbons (Fsp3) is 0.280. The van der Waals surface area contributed by atoms with E-state index in [1.807, 2.05) is 44.2 Å². The second kappa shape index (κ2) is 12.9. The van der Waals surface area contributed by atoms with Crippen molar-refractivity contribution in [2.75, 3.05) is 25.2 Å². The van der Waals surface area contributed by atoms with E-state index in [1.54, 1.807) is 36.2 Å². The Labute approximate surface area is 213 Å². The summed E-state index contributed by atoms with van der Waals surface area (Å²) in [4.78, 5) is 18.9. The molecule has 1 atom stereocenters. The van der Waals surface area contributed by atoms with Gasteiger partial charge in [-0.3, -0.25) is 9.36 Å². The van der Waals surface area contributed by atoms with E-state index in [2.05, 4.69) is 4.98 Å². The molecule has 0 aliphatic rings. The van der Waals surface area contributed by atoms with E-state index in [9.17, 15) is 9.90 Å². The normalized spacial score (nSPS) is 12.4. The smallest absolute Gasteiger partial charge is 0.271 e. The van der Waals surface area contributed by atoms with Gasteiger partial charge in [0.1, 0.15) is 12.9 Å². The van der Waals surface area contributed by atoms with Crippen molar-refractivity contribution in [1.29, 1.82) is 0 Å². The third-order valence-corrected chi connectivity index (χ3v) is 7.26. The predicted molar refractivity (Wildman–Crippen MR) is 142 cm³/mol. The minimum absolute atomic E-state index is 0.160. The number of benzene rings is 2. The Balaban J connectivity index is 1.83. The predicted octanol–water partition coefficient (Wildman–Crippen LogP) is 5.54. The highest BCUT2D eigenvalue weighted by Gasteiger charge is 2.14. The molecule has 1 N–H and O–H groups in total. The van der Waals surface area contributed by atoms with Gasteiger partial charge in [0.25, 0.3) is 5.56 Å². The van der Waals surface area contributed by atoms with Crippen LogP contribution in [0.1, 0.15) is 19.4 Å². The molecule has 0 saturated heterocycles. The van der Waals surface area contributed by atoms with Crippen molar-refractivity contribution in [3.63, 3.8) is 0 Å². The van der Waals surface area contributed by atoms with E-state index < -0.39 is 6.10 Å². The molecular formula is C25H27ClN2O4S2. The third-order valence-electron chi connectivity index (χ3n) is 4.79. The molecule has 0 aliphatic heterocycles. The molecular weight excluding hydrogens is 492 g/mol.